The SMILES string of the molecule is C=CC(=O)Oc1c2c(c(Oc3ccccc3)c3cc(Cl)ccc13)CC=C(CC)C2. The number of carbonyl (C=O) groups is 1. The molecule has 0 N–H and O–H groups in total. The number of ether oxygens (including phenoxy) is 2. The third-order valence-electron chi connectivity index (χ3n) is 5.17. The Morgan fingerprint density at radius 3 is 2.62 bits per heavy atom. The summed E-state index contributed by atoms with van der Waals surface area (Å²) in [5.41, 5.74) is 3.32. The normalized spacial score (nSPS) is 12.8. The lowest BCUT2D eigenvalue weighted by Gasteiger charge is -2.25. The van der Waals surface area contributed by atoms with E-state index in [1.165, 1.54) is 11.6 Å². The average Bonchev–Trinajstić information content (AvgIpc) is 2.76. The van der Waals surface area contributed by atoms with Crippen LogP contribution in [0, 0.1) is 0 Å². The van der Waals surface area contributed by atoms with Gasteiger partial charge >= 0.3 is 5.97 Å². The molecule has 0 aliphatic heterocycles. The lowest BCUT2D eigenvalue weighted by atomic mass is 9.86. The zero-order valence-corrected chi connectivity index (χ0v) is 17.0. The van der Waals surface area contributed by atoms with E-state index in [0.717, 1.165) is 46.2 Å². The molecule has 0 amide bonds. The van der Waals surface area contributed by atoms with Crippen molar-refractivity contribution in [1.29, 1.82) is 0 Å². The van der Waals surface area contributed by atoms with E-state index < -0.39 is 5.97 Å². The van der Waals surface area contributed by atoms with E-state index >= 15 is 0 Å². The van der Waals surface area contributed by atoms with Crippen molar-refractivity contribution >= 4 is 28.3 Å². The molecular weight excluding hydrogens is 384 g/mol. The number of esters is 1. The van der Waals surface area contributed by atoms with E-state index in [0.29, 0.717) is 17.2 Å². The van der Waals surface area contributed by atoms with Crippen LogP contribution >= 0.6 is 11.6 Å². The van der Waals surface area contributed by atoms with Gasteiger partial charge in [-0.15, -0.1) is 0 Å². The lowest BCUT2D eigenvalue weighted by molar-refractivity contribution is -0.128. The highest BCUT2D eigenvalue weighted by Crippen LogP contribution is 2.46. The second kappa shape index (κ2) is 8.14. The Morgan fingerprint density at radius 2 is 1.90 bits per heavy atom. The van der Waals surface area contributed by atoms with Gasteiger partial charge in [0.1, 0.15) is 17.2 Å². The lowest BCUT2D eigenvalue weighted by Crippen LogP contribution is -2.12. The van der Waals surface area contributed by atoms with Crippen molar-refractivity contribution in [2.24, 2.45) is 0 Å². The van der Waals surface area contributed by atoms with Gasteiger partial charge in [-0.1, -0.05) is 55.0 Å². The van der Waals surface area contributed by atoms with Crippen molar-refractivity contribution in [1.82, 2.24) is 0 Å². The molecular formula is C25H21ClO3. The average molecular weight is 405 g/mol. The first-order valence-corrected chi connectivity index (χ1v) is 10.0. The minimum absolute atomic E-state index is 0.479. The molecule has 0 aromatic heterocycles. The van der Waals surface area contributed by atoms with Crippen LogP contribution < -0.4 is 9.47 Å². The van der Waals surface area contributed by atoms with Crippen LogP contribution in [0.25, 0.3) is 10.8 Å². The third-order valence-corrected chi connectivity index (χ3v) is 5.40. The summed E-state index contributed by atoms with van der Waals surface area (Å²) in [7, 11) is 0. The highest BCUT2D eigenvalue weighted by atomic mass is 35.5. The van der Waals surface area contributed by atoms with Crippen molar-refractivity contribution in [3.63, 3.8) is 0 Å². The summed E-state index contributed by atoms with van der Waals surface area (Å²) in [4.78, 5) is 12.1. The minimum Gasteiger partial charge on any atom is -0.456 e. The zero-order chi connectivity index (χ0) is 20.4. The molecule has 1 aliphatic rings. The Morgan fingerprint density at radius 1 is 1.10 bits per heavy atom. The first-order chi connectivity index (χ1) is 14.1. The summed E-state index contributed by atoms with van der Waals surface area (Å²) < 4.78 is 12.1. The highest BCUT2D eigenvalue weighted by Gasteiger charge is 2.25. The zero-order valence-electron chi connectivity index (χ0n) is 16.2. The van der Waals surface area contributed by atoms with Crippen LogP contribution in [0.3, 0.4) is 0 Å². The van der Waals surface area contributed by atoms with Gasteiger partial charge in [0.2, 0.25) is 0 Å². The molecule has 0 heterocycles. The summed E-state index contributed by atoms with van der Waals surface area (Å²) in [5, 5.41) is 2.21. The Kier molecular flexibility index (Phi) is 5.41. The monoisotopic (exact) mass is 404 g/mol. The van der Waals surface area contributed by atoms with E-state index in [2.05, 4.69) is 19.6 Å². The molecule has 0 bridgehead atoms. The molecule has 29 heavy (non-hydrogen) atoms. The summed E-state index contributed by atoms with van der Waals surface area (Å²) in [6.45, 7) is 5.67. The number of fused-ring (bicyclic) bond motifs is 2. The predicted molar refractivity (Wildman–Crippen MR) is 117 cm³/mol. The Bertz CT molecular complexity index is 1130. The molecule has 0 atom stereocenters. The van der Waals surface area contributed by atoms with E-state index in [9.17, 15) is 4.79 Å². The van der Waals surface area contributed by atoms with Crippen LogP contribution in [0.5, 0.6) is 17.2 Å². The number of hydrogen-bond donors (Lipinski definition) is 0. The van der Waals surface area contributed by atoms with Gasteiger partial charge in [0.25, 0.3) is 0 Å². The van der Waals surface area contributed by atoms with Gasteiger partial charge in [0, 0.05) is 33.0 Å². The number of carbonyl (C=O) groups excluding carboxylic acids is 1. The van der Waals surface area contributed by atoms with Crippen molar-refractivity contribution < 1.29 is 14.3 Å². The maximum Gasteiger partial charge on any atom is 0.335 e. The van der Waals surface area contributed by atoms with Crippen LogP contribution in [0.15, 0.2) is 72.8 Å². The summed E-state index contributed by atoms with van der Waals surface area (Å²) in [5.74, 6) is 1.59. The molecule has 0 saturated carbocycles. The molecule has 0 saturated heterocycles. The first kappa shape index (κ1) is 19.3. The number of rotatable bonds is 5. The fraction of sp³-hybridized carbons (Fsp3) is 0.160. The van der Waals surface area contributed by atoms with Crippen molar-refractivity contribution in [3.05, 3.63) is 89.0 Å². The summed E-state index contributed by atoms with van der Waals surface area (Å²) >= 11 is 6.32. The van der Waals surface area contributed by atoms with Crippen molar-refractivity contribution in [2.45, 2.75) is 26.2 Å². The molecule has 0 unspecified atom stereocenters. The first-order valence-electron chi connectivity index (χ1n) is 9.62. The number of benzene rings is 3. The summed E-state index contributed by atoms with van der Waals surface area (Å²) in [6, 6.07) is 15.2. The second-order valence-electron chi connectivity index (χ2n) is 6.94. The van der Waals surface area contributed by atoms with E-state index in [-0.39, 0.29) is 0 Å². The van der Waals surface area contributed by atoms with E-state index in [4.69, 9.17) is 21.1 Å². The van der Waals surface area contributed by atoms with Crippen molar-refractivity contribution in [2.75, 3.05) is 0 Å². The third kappa shape index (κ3) is 3.79. The molecule has 3 aromatic carbocycles. The smallest absolute Gasteiger partial charge is 0.335 e. The van der Waals surface area contributed by atoms with E-state index in [1.807, 2.05) is 42.5 Å². The topological polar surface area (TPSA) is 35.5 Å². The van der Waals surface area contributed by atoms with Crippen LogP contribution in [0.1, 0.15) is 24.5 Å². The van der Waals surface area contributed by atoms with Gasteiger partial charge in [-0.3, -0.25) is 0 Å². The molecule has 1 aliphatic carbocycles. The highest BCUT2D eigenvalue weighted by molar-refractivity contribution is 6.31. The fourth-order valence-electron chi connectivity index (χ4n) is 3.70. The number of para-hydroxylation sites is 1. The standard InChI is InChI=1S/C25H21ClO3/c1-3-16-10-12-19-21(14-16)25(29-23(27)4-2)20-13-11-17(26)15-22(20)24(19)28-18-8-6-5-7-9-18/h4-11,13,15H,2-3,12,14H2,1H3. The molecule has 3 aromatic rings. The fourth-order valence-corrected chi connectivity index (χ4v) is 3.87. The molecule has 4 rings (SSSR count). The minimum atomic E-state index is -0.479. The molecule has 0 radical (unpaired) electrons. The van der Waals surface area contributed by atoms with Gasteiger partial charge < -0.3 is 9.47 Å². The molecule has 3 nitrogen and oxygen atoms in total. The van der Waals surface area contributed by atoms with Gasteiger partial charge in [0.05, 0.1) is 0 Å². The Hall–Kier alpha value is -3.04. The van der Waals surface area contributed by atoms with Gasteiger partial charge in [0.15, 0.2) is 0 Å². The molecule has 146 valence electrons. The number of halogens is 1. The number of allylic oxidation sites excluding steroid dienone is 2. The molecule has 4 heteroatoms. The molecule has 0 fully saturated rings. The maximum absolute atomic E-state index is 12.1. The molecule has 0 spiro atoms. The van der Waals surface area contributed by atoms with Crippen LogP contribution in [0.4, 0.5) is 0 Å². The van der Waals surface area contributed by atoms with Crippen LogP contribution in [0.2, 0.25) is 5.02 Å². The van der Waals surface area contributed by atoms with E-state index in [1.54, 1.807) is 6.07 Å². The largest absolute Gasteiger partial charge is 0.456 e. The Balaban J connectivity index is 1.99. The van der Waals surface area contributed by atoms with Gasteiger partial charge in [-0.05, 0) is 49.6 Å². The quantitative estimate of drug-likeness (QED) is 0.203. The van der Waals surface area contributed by atoms with Crippen LogP contribution in [-0.2, 0) is 17.6 Å². The van der Waals surface area contributed by atoms with Gasteiger partial charge in [-0.2, -0.15) is 0 Å². The maximum atomic E-state index is 12.1. The van der Waals surface area contributed by atoms with Crippen LogP contribution in [-0.4, -0.2) is 5.97 Å². The summed E-state index contributed by atoms with van der Waals surface area (Å²) in [6.07, 6.45) is 5.79. The second-order valence-corrected chi connectivity index (χ2v) is 7.38. The Labute approximate surface area is 175 Å². The van der Waals surface area contributed by atoms with Crippen molar-refractivity contribution in [3.8, 4) is 17.2 Å². The van der Waals surface area contributed by atoms with Gasteiger partial charge in [-0.25, -0.2) is 4.79 Å². The number of hydrogen-bond acceptors (Lipinski definition) is 3. The predicted octanol–water partition coefficient (Wildman–Crippen LogP) is 6.81.